The van der Waals surface area contributed by atoms with Gasteiger partial charge in [0.15, 0.2) is 5.78 Å². The number of Topliss-reactive ketones (excluding diaryl/α,β-unsaturated/α-hetero) is 1. The number of ether oxygens (including phenoxy) is 1. The summed E-state index contributed by atoms with van der Waals surface area (Å²) in [7, 11) is 1.62. The highest BCUT2D eigenvalue weighted by atomic mass is 16.5. The van der Waals surface area contributed by atoms with Crippen LogP contribution in [0.1, 0.15) is 47.3 Å². The first-order valence-electron chi connectivity index (χ1n) is 11.1. The molecule has 0 unspecified atom stereocenters. The van der Waals surface area contributed by atoms with Gasteiger partial charge in [-0.1, -0.05) is 0 Å². The maximum absolute atomic E-state index is 12.9. The summed E-state index contributed by atoms with van der Waals surface area (Å²) in [6.45, 7) is 3.15. The van der Waals surface area contributed by atoms with Gasteiger partial charge < -0.3 is 19.0 Å². The van der Waals surface area contributed by atoms with E-state index in [2.05, 4.69) is 4.98 Å². The Kier molecular flexibility index (Phi) is 6.44. The van der Waals surface area contributed by atoms with Crippen molar-refractivity contribution in [3.05, 3.63) is 69.9 Å². The van der Waals surface area contributed by atoms with Crippen LogP contribution in [-0.4, -0.2) is 46.2 Å². The van der Waals surface area contributed by atoms with Gasteiger partial charge in [-0.05, 0) is 68.5 Å². The number of methoxy groups -OCH3 is 1. The average Bonchev–Trinajstić information content (AvgIpc) is 3.28. The maximum atomic E-state index is 12.9. The van der Waals surface area contributed by atoms with E-state index in [-0.39, 0.29) is 23.2 Å². The number of aryl methyl sites for hydroxylation is 2. The first kappa shape index (κ1) is 21.9. The largest absolute Gasteiger partial charge is 0.496 e. The summed E-state index contributed by atoms with van der Waals surface area (Å²) in [6.07, 6.45) is 6.87. The molecule has 1 aliphatic heterocycles. The first-order valence-corrected chi connectivity index (χ1v) is 11.1. The van der Waals surface area contributed by atoms with Gasteiger partial charge in [-0.3, -0.25) is 14.4 Å². The van der Waals surface area contributed by atoms with E-state index >= 15 is 0 Å². The summed E-state index contributed by atoms with van der Waals surface area (Å²) in [5.74, 6) is 0.984. The molecule has 1 N–H and O–H groups in total. The highest BCUT2D eigenvalue weighted by Gasteiger charge is 2.28. The number of H-pyrrole nitrogens is 1. The number of likely N-dealkylation sites (tertiary alicyclic amines) is 1. The molecule has 7 heteroatoms. The number of amides is 1. The second kappa shape index (κ2) is 9.42. The van der Waals surface area contributed by atoms with Crippen LogP contribution in [0.3, 0.4) is 0 Å². The summed E-state index contributed by atoms with van der Waals surface area (Å²) in [6, 6.07) is 9.15. The topological polar surface area (TPSA) is 83.9 Å². The average molecular weight is 436 g/mol. The van der Waals surface area contributed by atoms with Crippen molar-refractivity contribution in [2.75, 3.05) is 20.2 Å². The monoisotopic (exact) mass is 435 g/mol. The highest BCUT2D eigenvalue weighted by molar-refractivity contribution is 5.98. The number of piperidine rings is 1. The first-order chi connectivity index (χ1) is 15.5. The molecule has 0 radical (unpaired) electrons. The van der Waals surface area contributed by atoms with Crippen molar-refractivity contribution in [1.82, 2.24) is 14.3 Å². The van der Waals surface area contributed by atoms with E-state index in [0.717, 1.165) is 17.0 Å². The number of benzene rings is 1. The molecule has 7 nitrogen and oxygen atoms in total. The zero-order chi connectivity index (χ0) is 22.7. The van der Waals surface area contributed by atoms with Crippen molar-refractivity contribution < 1.29 is 14.3 Å². The number of carbonyl (C=O) groups excluding carboxylic acids is 2. The van der Waals surface area contributed by atoms with Gasteiger partial charge in [-0.2, -0.15) is 0 Å². The smallest absolute Gasteiger partial charge is 0.272 e. The van der Waals surface area contributed by atoms with Crippen LogP contribution in [0.25, 0.3) is 5.52 Å². The summed E-state index contributed by atoms with van der Waals surface area (Å²) in [4.78, 5) is 42.3. The predicted octanol–water partition coefficient (Wildman–Crippen LogP) is 3.39. The molecule has 1 amide bonds. The molecule has 1 aromatic carbocycles. The number of hydrogen-bond acceptors (Lipinski definition) is 4. The molecule has 0 atom stereocenters. The van der Waals surface area contributed by atoms with Crippen LogP contribution in [-0.2, 0) is 11.2 Å². The summed E-state index contributed by atoms with van der Waals surface area (Å²) >= 11 is 0. The Morgan fingerprint density at radius 1 is 1.19 bits per heavy atom. The number of nitrogens with one attached hydrogen (secondary N) is 1. The molecule has 32 heavy (non-hydrogen) atoms. The zero-order valence-electron chi connectivity index (χ0n) is 18.6. The van der Waals surface area contributed by atoms with Gasteiger partial charge in [0.05, 0.1) is 7.11 Å². The van der Waals surface area contributed by atoms with Crippen LogP contribution in [0.15, 0.2) is 47.5 Å². The Labute approximate surface area is 187 Å². The van der Waals surface area contributed by atoms with E-state index in [1.165, 1.54) is 0 Å². The minimum absolute atomic E-state index is 0.0507. The van der Waals surface area contributed by atoms with Gasteiger partial charge in [0.2, 0.25) is 5.91 Å². The van der Waals surface area contributed by atoms with Gasteiger partial charge in [0, 0.05) is 49.1 Å². The van der Waals surface area contributed by atoms with Gasteiger partial charge in [-0.25, -0.2) is 0 Å². The van der Waals surface area contributed by atoms with Crippen LogP contribution < -0.4 is 10.3 Å². The Hall–Kier alpha value is -3.35. The number of aromatic amines is 1. The van der Waals surface area contributed by atoms with Crippen molar-refractivity contribution in [2.24, 2.45) is 5.92 Å². The molecule has 0 saturated carbocycles. The van der Waals surface area contributed by atoms with E-state index in [9.17, 15) is 14.4 Å². The highest BCUT2D eigenvalue weighted by Crippen LogP contribution is 2.25. The Balaban J connectivity index is 1.26. The maximum Gasteiger partial charge on any atom is 0.272 e. The molecule has 1 aliphatic rings. The van der Waals surface area contributed by atoms with Crippen LogP contribution in [0, 0.1) is 12.8 Å². The van der Waals surface area contributed by atoms with Crippen molar-refractivity contribution in [2.45, 2.75) is 39.0 Å². The van der Waals surface area contributed by atoms with E-state index < -0.39 is 0 Å². The Morgan fingerprint density at radius 3 is 2.69 bits per heavy atom. The van der Waals surface area contributed by atoms with Gasteiger partial charge >= 0.3 is 0 Å². The molecule has 0 spiro atoms. The van der Waals surface area contributed by atoms with Crippen LogP contribution >= 0.6 is 0 Å². The van der Waals surface area contributed by atoms with Crippen LogP contribution in [0.5, 0.6) is 5.75 Å². The molecule has 4 rings (SSSR count). The minimum atomic E-state index is -0.113. The third-order valence-electron chi connectivity index (χ3n) is 6.32. The van der Waals surface area contributed by atoms with Crippen molar-refractivity contribution in [1.29, 1.82) is 0 Å². The normalized spacial score (nSPS) is 14.6. The molecule has 3 heterocycles. The molecular weight excluding hydrogens is 406 g/mol. The summed E-state index contributed by atoms with van der Waals surface area (Å²) in [5.41, 5.74) is 2.99. The molecule has 2 aromatic heterocycles. The third kappa shape index (κ3) is 4.61. The number of nitrogens with zero attached hydrogens (tertiary/aromatic N) is 2. The minimum Gasteiger partial charge on any atom is -0.496 e. The van der Waals surface area contributed by atoms with Gasteiger partial charge in [-0.15, -0.1) is 0 Å². The van der Waals surface area contributed by atoms with Crippen molar-refractivity contribution >= 4 is 17.2 Å². The Bertz CT molecular complexity index is 1190. The second-order valence-corrected chi connectivity index (χ2v) is 8.47. The van der Waals surface area contributed by atoms with Crippen LogP contribution in [0.2, 0.25) is 0 Å². The fourth-order valence-corrected chi connectivity index (χ4v) is 4.48. The van der Waals surface area contributed by atoms with E-state index in [4.69, 9.17) is 4.74 Å². The molecule has 3 aromatic rings. The van der Waals surface area contributed by atoms with Crippen molar-refractivity contribution in [3.8, 4) is 5.75 Å². The van der Waals surface area contributed by atoms with E-state index in [0.29, 0.717) is 56.3 Å². The number of carbonyl (C=O) groups is 2. The van der Waals surface area contributed by atoms with Crippen LogP contribution in [0.4, 0.5) is 0 Å². The molecule has 1 fully saturated rings. The third-order valence-corrected chi connectivity index (χ3v) is 6.32. The summed E-state index contributed by atoms with van der Waals surface area (Å²) < 4.78 is 7.08. The van der Waals surface area contributed by atoms with E-state index in [1.807, 2.05) is 52.9 Å². The number of fused-ring (bicyclic) bond motifs is 1. The lowest BCUT2D eigenvalue weighted by atomic mass is 9.88. The number of hydrogen-bond donors (Lipinski definition) is 1. The van der Waals surface area contributed by atoms with E-state index in [1.54, 1.807) is 13.2 Å². The standard InChI is InChI=1S/C25H29N3O4/c1-17-15-19(8-9-22(17)32-2)24(30)18-10-13-27(14-11-18)23(29)7-3-5-20-16-28-12-4-6-21(28)25(31)26-20/h4,6,8-9,12,15-16,18H,3,5,7,10-11,13-14H2,1-2H3,(H,26,31). The molecular formula is C25H29N3O4. The molecule has 0 aliphatic carbocycles. The second-order valence-electron chi connectivity index (χ2n) is 8.47. The molecule has 168 valence electrons. The fourth-order valence-electron chi connectivity index (χ4n) is 4.48. The quantitative estimate of drug-likeness (QED) is 0.577. The number of aromatic nitrogens is 2. The summed E-state index contributed by atoms with van der Waals surface area (Å²) in [5, 5.41) is 0. The van der Waals surface area contributed by atoms with Gasteiger partial charge in [0.25, 0.3) is 5.56 Å². The molecule has 1 saturated heterocycles. The SMILES string of the molecule is COc1ccc(C(=O)C2CCN(C(=O)CCCc3cn4cccc4c(=O)[nH]3)CC2)cc1C. The Morgan fingerprint density at radius 2 is 1.97 bits per heavy atom. The lowest BCUT2D eigenvalue weighted by Crippen LogP contribution is -2.40. The lowest BCUT2D eigenvalue weighted by Gasteiger charge is -2.31. The van der Waals surface area contributed by atoms with Gasteiger partial charge in [0.1, 0.15) is 11.3 Å². The molecule has 0 bridgehead atoms. The predicted molar refractivity (Wildman–Crippen MR) is 122 cm³/mol. The lowest BCUT2D eigenvalue weighted by molar-refractivity contribution is -0.132. The fraction of sp³-hybridized carbons (Fsp3) is 0.400. The zero-order valence-corrected chi connectivity index (χ0v) is 18.6. The number of rotatable bonds is 7. The number of ketones is 1. The van der Waals surface area contributed by atoms with Crippen molar-refractivity contribution in [3.63, 3.8) is 0 Å².